The topological polar surface area (TPSA) is 92.8 Å². The largest absolute Gasteiger partial charge is 0.449 e. The van der Waals surface area contributed by atoms with Crippen LogP contribution in [0.25, 0.3) is 0 Å². The lowest BCUT2D eigenvalue weighted by atomic mass is 10.2. The molecule has 1 saturated heterocycles. The highest BCUT2D eigenvalue weighted by molar-refractivity contribution is 7.89. The Balaban J connectivity index is 2.02. The molecule has 7 nitrogen and oxygen atoms in total. The van der Waals surface area contributed by atoms with Crippen LogP contribution < -0.4 is 5.32 Å². The Morgan fingerprint density at radius 2 is 1.88 bits per heavy atom. The van der Waals surface area contributed by atoms with Crippen LogP contribution in [0.2, 0.25) is 0 Å². The summed E-state index contributed by atoms with van der Waals surface area (Å²) < 4.78 is 31.4. The van der Waals surface area contributed by atoms with Crippen LogP contribution in [0.1, 0.15) is 30.1 Å². The fourth-order valence-corrected chi connectivity index (χ4v) is 3.96. The smallest absolute Gasteiger partial charge is 0.338 e. The van der Waals surface area contributed by atoms with Crippen molar-refractivity contribution < 1.29 is 22.7 Å². The average molecular weight is 366 g/mol. The summed E-state index contributed by atoms with van der Waals surface area (Å²) >= 11 is 0. The Morgan fingerprint density at radius 3 is 2.44 bits per heavy atom. The van der Waals surface area contributed by atoms with Crippen molar-refractivity contribution in [1.29, 1.82) is 0 Å². The lowest BCUT2D eigenvalue weighted by molar-refractivity contribution is -0.128. The second-order valence-electron chi connectivity index (χ2n) is 5.72. The highest BCUT2D eigenvalue weighted by Gasteiger charge is 2.27. The van der Waals surface area contributed by atoms with Gasteiger partial charge in [-0.1, -0.05) is 6.08 Å². The third-order valence-corrected chi connectivity index (χ3v) is 5.78. The lowest BCUT2D eigenvalue weighted by Gasteiger charge is -2.16. The molecular formula is C17H22N2O5S. The maximum Gasteiger partial charge on any atom is 0.338 e. The number of nitrogens with one attached hydrogen (secondary N) is 1. The van der Waals surface area contributed by atoms with Crippen molar-refractivity contribution in [3.63, 3.8) is 0 Å². The summed E-state index contributed by atoms with van der Waals surface area (Å²) in [5, 5.41) is 2.53. The molecule has 1 N–H and O–H groups in total. The standard InChI is InChI=1S/C17H22N2O5S/c1-3-10-18-16(20)13(2)24-17(21)14-6-8-15(9-7-14)25(22,23)19-11-4-5-12-19/h3,6-9,13H,1,4-5,10-12H2,2H3,(H,18,20). The van der Waals surface area contributed by atoms with Crippen molar-refractivity contribution in [3.8, 4) is 0 Å². The minimum Gasteiger partial charge on any atom is -0.449 e. The van der Waals surface area contributed by atoms with Gasteiger partial charge in [0, 0.05) is 19.6 Å². The first kappa shape index (κ1) is 19.1. The molecule has 1 aromatic rings. The van der Waals surface area contributed by atoms with Gasteiger partial charge in [-0.3, -0.25) is 4.79 Å². The fourth-order valence-electron chi connectivity index (χ4n) is 2.44. The summed E-state index contributed by atoms with van der Waals surface area (Å²) in [5.41, 5.74) is 0.184. The SMILES string of the molecule is C=CCNC(=O)C(C)OC(=O)c1ccc(S(=O)(=O)N2CCCC2)cc1. The molecule has 0 saturated carbocycles. The third-order valence-electron chi connectivity index (χ3n) is 3.87. The molecule has 0 aromatic heterocycles. The van der Waals surface area contributed by atoms with Gasteiger partial charge in [-0.2, -0.15) is 4.31 Å². The van der Waals surface area contributed by atoms with E-state index in [1.54, 1.807) is 0 Å². The van der Waals surface area contributed by atoms with Crippen LogP contribution in [0.15, 0.2) is 41.8 Å². The number of carbonyl (C=O) groups is 2. The van der Waals surface area contributed by atoms with Gasteiger partial charge in [0.2, 0.25) is 10.0 Å². The first-order valence-electron chi connectivity index (χ1n) is 8.06. The second-order valence-corrected chi connectivity index (χ2v) is 7.65. The van der Waals surface area contributed by atoms with E-state index in [1.165, 1.54) is 41.6 Å². The monoisotopic (exact) mass is 366 g/mol. The van der Waals surface area contributed by atoms with Gasteiger partial charge in [0.15, 0.2) is 6.10 Å². The molecule has 1 heterocycles. The Kier molecular flexibility index (Phi) is 6.33. The molecule has 0 bridgehead atoms. The van der Waals surface area contributed by atoms with Crippen molar-refractivity contribution in [1.82, 2.24) is 9.62 Å². The van der Waals surface area contributed by atoms with E-state index in [2.05, 4.69) is 11.9 Å². The number of sulfonamides is 1. The van der Waals surface area contributed by atoms with E-state index in [-0.39, 0.29) is 17.0 Å². The van der Waals surface area contributed by atoms with E-state index in [0.29, 0.717) is 13.1 Å². The maximum atomic E-state index is 12.4. The molecule has 0 radical (unpaired) electrons. The van der Waals surface area contributed by atoms with Gasteiger partial charge in [0.05, 0.1) is 10.5 Å². The Bertz CT molecular complexity index is 737. The van der Waals surface area contributed by atoms with E-state index >= 15 is 0 Å². The number of carbonyl (C=O) groups excluding carboxylic acids is 2. The number of benzene rings is 1. The molecule has 1 aromatic carbocycles. The van der Waals surface area contributed by atoms with Crippen LogP contribution in [-0.2, 0) is 19.6 Å². The summed E-state index contributed by atoms with van der Waals surface area (Å²) in [7, 11) is -3.52. The Labute approximate surface area is 147 Å². The van der Waals surface area contributed by atoms with Gasteiger partial charge < -0.3 is 10.1 Å². The lowest BCUT2D eigenvalue weighted by Crippen LogP contribution is -2.35. The van der Waals surface area contributed by atoms with Gasteiger partial charge in [0.25, 0.3) is 5.91 Å². The Morgan fingerprint density at radius 1 is 1.28 bits per heavy atom. The van der Waals surface area contributed by atoms with Gasteiger partial charge >= 0.3 is 5.97 Å². The summed E-state index contributed by atoms with van der Waals surface area (Å²) in [6.07, 6.45) is 2.28. The van der Waals surface area contributed by atoms with Crippen LogP contribution in [0.5, 0.6) is 0 Å². The molecule has 2 rings (SSSR count). The normalized spacial score (nSPS) is 16.2. The number of nitrogens with zero attached hydrogens (tertiary/aromatic N) is 1. The summed E-state index contributed by atoms with van der Waals surface area (Å²) in [4.78, 5) is 23.9. The number of hydrogen-bond acceptors (Lipinski definition) is 5. The summed E-state index contributed by atoms with van der Waals surface area (Å²) in [6.45, 7) is 6.26. The van der Waals surface area contributed by atoms with Crippen LogP contribution in [-0.4, -0.2) is 50.3 Å². The first-order valence-corrected chi connectivity index (χ1v) is 9.50. The highest BCUT2D eigenvalue weighted by Crippen LogP contribution is 2.21. The highest BCUT2D eigenvalue weighted by atomic mass is 32.2. The third kappa shape index (κ3) is 4.67. The molecule has 1 aliphatic rings. The van der Waals surface area contributed by atoms with Crippen LogP contribution >= 0.6 is 0 Å². The first-order chi connectivity index (χ1) is 11.9. The van der Waals surface area contributed by atoms with E-state index in [1.807, 2.05) is 0 Å². The predicted octanol–water partition coefficient (Wildman–Crippen LogP) is 1.32. The van der Waals surface area contributed by atoms with Gasteiger partial charge in [0.1, 0.15) is 0 Å². The quantitative estimate of drug-likeness (QED) is 0.580. The van der Waals surface area contributed by atoms with Crippen LogP contribution in [0.4, 0.5) is 0 Å². The molecule has 1 atom stereocenters. The molecule has 8 heteroatoms. The molecular weight excluding hydrogens is 344 g/mol. The fraction of sp³-hybridized carbons (Fsp3) is 0.412. The summed E-state index contributed by atoms with van der Waals surface area (Å²) in [5.74, 6) is -1.12. The van der Waals surface area contributed by atoms with Crippen molar-refractivity contribution in [3.05, 3.63) is 42.5 Å². The minimum atomic E-state index is -3.52. The van der Waals surface area contributed by atoms with Gasteiger partial charge in [-0.25, -0.2) is 13.2 Å². The number of ether oxygens (including phenoxy) is 1. The maximum absolute atomic E-state index is 12.4. The number of amides is 1. The minimum absolute atomic E-state index is 0.141. The summed E-state index contributed by atoms with van der Waals surface area (Å²) in [6, 6.07) is 5.54. The zero-order chi connectivity index (χ0) is 18.4. The van der Waals surface area contributed by atoms with Crippen molar-refractivity contribution >= 4 is 21.9 Å². The van der Waals surface area contributed by atoms with Crippen LogP contribution in [0, 0.1) is 0 Å². The number of rotatable bonds is 7. The average Bonchev–Trinajstić information content (AvgIpc) is 3.15. The van der Waals surface area contributed by atoms with Gasteiger partial charge in [-0.05, 0) is 44.0 Å². The van der Waals surface area contributed by atoms with Crippen LogP contribution in [0.3, 0.4) is 0 Å². The van der Waals surface area contributed by atoms with E-state index in [9.17, 15) is 18.0 Å². The molecule has 1 unspecified atom stereocenters. The zero-order valence-corrected chi connectivity index (χ0v) is 14.9. The molecule has 1 fully saturated rings. The molecule has 1 amide bonds. The molecule has 0 aliphatic carbocycles. The van der Waals surface area contributed by atoms with Crippen molar-refractivity contribution in [2.75, 3.05) is 19.6 Å². The number of esters is 1. The second kappa shape index (κ2) is 8.26. The molecule has 1 aliphatic heterocycles. The number of hydrogen-bond donors (Lipinski definition) is 1. The zero-order valence-electron chi connectivity index (χ0n) is 14.1. The molecule has 0 spiro atoms. The van der Waals surface area contributed by atoms with Crippen molar-refractivity contribution in [2.24, 2.45) is 0 Å². The Hall–Kier alpha value is -2.19. The predicted molar refractivity (Wildman–Crippen MR) is 92.5 cm³/mol. The van der Waals surface area contributed by atoms with Crippen molar-refractivity contribution in [2.45, 2.75) is 30.8 Å². The molecule has 25 heavy (non-hydrogen) atoms. The molecule has 136 valence electrons. The van der Waals surface area contributed by atoms with E-state index in [4.69, 9.17) is 4.74 Å². The van der Waals surface area contributed by atoms with E-state index in [0.717, 1.165) is 12.8 Å². The van der Waals surface area contributed by atoms with E-state index < -0.39 is 28.0 Å². The van der Waals surface area contributed by atoms with Gasteiger partial charge in [-0.15, -0.1) is 6.58 Å².